The Kier molecular flexibility index (Phi) is 19.6. The summed E-state index contributed by atoms with van der Waals surface area (Å²) in [6.07, 6.45) is 20.9. The number of allylic oxidation sites excluding steroid dienone is 3. The number of carbonyl (C=O) groups excluding carboxylic acids is 3. The number of fused-ring (bicyclic) bond motifs is 6. The van der Waals surface area contributed by atoms with Crippen LogP contribution in [0.2, 0.25) is 0 Å². The smallest absolute Gasteiger partial charge is 0.257 e. The Labute approximate surface area is 450 Å². The molecule has 3 aromatic carbocycles. The van der Waals surface area contributed by atoms with Crippen molar-refractivity contribution in [3.63, 3.8) is 0 Å². The van der Waals surface area contributed by atoms with Gasteiger partial charge in [0.15, 0.2) is 34.5 Å². The molecule has 0 aromatic heterocycles. The number of methoxy groups -OCH3 is 3. The van der Waals surface area contributed by atoms with Crippen molar-refractivity contribution in [2.75, 3.05) is 63.0 Å². The first kappa shape index (κ1) is 54.3. The highest BCUT2D eigenvalue weighted by Gasteiger charge is 2.37. The fourth-order valence-electron chi connectivity index (χ4n) is 9.30. The summed E-state index contributed by atoms with van der Waals surface area (Å²) in [5, 5.41) is 9.79. The molecule has 3 saturated heterocycles. The van der Waals surface area contributed by atoms with Crippen molar-refractivity contribution >= 4 is 98.6 Å². The Morgan fingerprint density at radius 3 is 1.21 bits per heavy atom. The molecule has 384 valence electrons. The molecule has 15 nitrogen and oxygen atoms in total. The predicted molar refractivity (Wildman–Crippen MR) is 301 cm³/mol. The van der Waals surface area contributed by atoms with Crippen LogP contribution in [0.5, 0.6) is 34.5 Å². The fourth-order valence-corrected chi connectivity index (χ4v) is 10.4. The molecule has 0 bridgehead atoms. The van der Waals surface area contributed by atoms with Crippen LogP contribution in [-0.2, 0) is 0 Å². The average Bonchev–Trinajstić information content (AvgIpc) is 4.09. The maximum absolute atomic E-state index is 13.3. The number of unbranched alkanes of at least 4 members (excludes halogenated alkanes) is 4. The van der Waals surface area contributed by atoms with E-state index >= 15 is 0 Å². The number of halogens is 2. The van der Waals surface area contributed by atoms with Crippen LogP contribution in [0.1, 0.15) is 110 Å². The minimum absolute atomic E-state index is 0.00534. The quantitative estimate of drug-likeness (QED) is 0.0675. The fraction of sp³-hybridized carbons (Fsp3) is 0.455. The van der Waals surface area contributed by atoms with Gasteiger partial charge in [0.25, 0.3) is 17.7 Å². The van der Waals surface area contributed by atoms with E-state index in [1.807, 2.05) is 49.1 Å². The number of alkyl halides is 2. The van der Waals surface area contributed by atoms with Gasteiger partial charge < -0.3 is 43.5 Å². The van der Waals surface area contributed by atoms with E-state index in [0.29, 0.717) is 89.6 Å². The van der Waals surface area contributed by atoms with Crippen molar-refractivity contribution < 1.29 is 43.2 Å². The lowest BCUT2D eigenvalue weighted by Gasteiger charge is -2.20. The van der Waals surface area contributed by atoms with Crippen LogP contribution < -0.4 is 23.7 Å². The number of amides is 3. The minimum Gasteiger partial charge on any atom is -0.504 e. The Balaban J connectivity index is 0.000000231. The van der Waals surface area contributed by atoms with Crippen LogP contribution in [0.3, 0.4) is 0 Å². The van der Waals surface area contributed by atoms with Crippen LogP contribution in [-0.4, -0.2) is 137 Å². The van der Waals surface area contributed by atoms with Crippen molar-refractivity contribution in [3.8, 4) is 34.5 Å². The van der Waals surface area contributed by atoms with E-state index in [-0.39, 0.29) is 47.3 Å². The largest absolute Gasteiger partial charge is 0.504 e. The van der Waals surface area contributed by atoms with Gasteiger partial charge in [-0.05, 0) is 99.2 Å². The number of nitrogens with zero attached hydrogens (tertiary/aromatic N) is 6. The zero-order valence-electron chi connectivity index (χ0n) is 42.1. The molecule has 17 heteroatoms. The molecule has 3 atom stereocenters. The molecule has 0 radical (unpaired) electrons. The van der Waals surface area contributed by atoms with Gasteiger partial charge in [0, 0.05) is 56.5 Å². The zero-order chi connectivity index (χ0) is 51.3. The van der Waals surface area contributed by atoms with Gasteiger partial charge in [-0.2, -0.15) is 0 Å². The minimum atomic E-state index is -0.0716. The lowest BCUT2D eigenvalue weighted by atomic mass is 10.1. The summed E-state index contributed by atoms with van der Waals surface area (Å²) in [5.41, 5.74) is 6.94. The van der Waals surface area contributed by atoms with E-state index in [0.717, 1.165) is 38.5 Å². The second-order valence-corrected chi connectivity index (χ2v) is 20.2. The van der Waals surface area contributed by atoms with E-state index in [2.05, 4.69) is 72.3 Å². The highest BCUT2D eigenvalue weighted by Crippen LogP contribution is 2.41. The Morgan fingerprint density at radius 2 is 0.861 bits per heavy atom. The second kappa shape index (κ2) is 26.0. The van der Waals surface area contributed by atoms with E-state index < -0.39 is 0 Å². The molecule has 6 heterocycles. The molecule has 3 aromatic rings. The van der Waals surface area contributed by atoms with E-state index in [9.17, 15) is 19.5 Å². The van der Waals surface area contributed by atoms with Crippen LogP contribution in [0.25, 0.3) is 0 Å². The monoisotopic (exact) mass is 1210 g/mol. The summed E-state index contributed by atoms with van der Waals surface area (Å²) in [6, 6.07) is 10.0. The maximum Gasteiger partial charge on any atom is 0.257 e. The predicted octanol–water partition coefficient (Wildman–Crippen LogP) is 11.4. The molecule has 3 fully saturated rings. The normalized spacial score (nSPS) is 20.8. The number of rotatable bonds is 15. The summed E-state index contributed by atoms with van der Waals surface area (Å²) < 4.78 is 31.0. The number of phenolic OH excluding ortho intramolecular Hbond substituents is 1. The number of aliphatic imine (C=N–C) groups is 3. The number of phenols is 1. The van der Waals surface area contributed by atoms with E-state index in [1.54, 1.807) is 55.7 Å². The standard InChI is InChI=1S/C35H40N4O6.C15H16N2O3.C5H10I2/c1-5-22-12-24-18-36-28-16-32(30(42-3)14-26(28)34(40)38(24)20-22)44-10-8-7-9-11-45-33-17-29-27(15-31(33)43-4)35(41)39-21-23(6-2)13-25(39)19-37-29;1-3-9-4-10-7-16-12-6-13(18)14(20-2)5-11(12)15(19)17(10)8-9;6-4-2-1-3-5-7/h5-6,14-19,24-25H,7-13,20-21H2,1-4H3;3,5-7,10,18H,4,8H2,1-2H3;1-5H2/b22-5+,23-6+;9-3+;/t24-,25-;10-;/m00./s1. The molecular formula is C55H66I2N6O9. The number of hydrogen-bond donors (Lipinski definition) is 1. The highest BCUT2D eigenvalue weighted by atomic mass is 127. The summed E-state index contributed by atoms with van der Waals surface area (Å²) in [7, 11) is 4.62. The SMILES string of the molecule is C/C=C1\C[C@H]2C=Nc3cc(O)c(OC)cc3C(=O)N2C1.C/C=C1\C[C@H]2C=Nc3cc(OCCCCCOc4cc5c(cc4OC)C(=O)N4C/C(=C/C)C[C@H]4C=N5)c(OC)cc3C(=O)N2C1.ICCCCCI. The third-order valence-electron chi connectivity index (χ3n) is 13.5. The van der Waals surface area contributed by atoms with Gasteiger partial charge in [-0.3, -0.25) is 29.4 Å². The summed E-state index contributed by atoms with van der Waals surface area (Å²) in [6.45, 7) is 8.85. The van der Waals surface area contributed by atoms with Gasteiger partial charge in [-0.1, -0.05) is 86.5 Å². The molecule has 1 N–H and O–H groups in total. The van der Waals surface area contributed by atoms with Crippen molar-refractivity contribution in [1.82, 2.24) is 14.7 Å². The molecule has 6 aliphatic heterocycles. The maximum atomic E-state index is 13.3. The molecule has 9 rings (SSSR count). The Hall–Kier alpha value is -5.44. The average molecular weight is 1210 g/mol. The number of carbonyl (C=O) groups is 3. The molecule has 6 aliphatic rings. The van der Waals surface area contributed by atoms with Gasteiger partial charge in [-0.15, -0.1) is 0 Å². The lowest BCUT2D eigenvalue weighted by Crippen LogP contribution is -2.35. The van der Waals surface area contributed by atoms with Crippen molar-refractivity contribution in [2.24, 2.45) is 15.0 Å². The van der Waals surface area contributed by atoms with Gasteiger partial charge in [0.1, 0.15) is 0 Å². The summed E-state index contributed by atoms with van der Waals surface area (Å²) >= 11 is 4.85. The van der Waals surface area contributed by atoms with Gasteiger partial charge in [-0.25, -0.2) is 0 Å². The third kappa shape index (κ3) is 12.7. The molecule has 0 saturated carbocycles. The van der Waals surface area contributed by atoms with Gasteiger partial charge in [0.2, 0.25) is 0 Å². The third-order valence-corrected chi connectivity index (χ3v) is 15.0. The highest BCUT2D eigenvalue weighted by molar-refractivity contribution is 14.1. The molecular weight excluding hydrogens is 1140 g/mol. The molecule has 3 amide bonds. The van der Waals surface area contributed by atoms with Gasteiger partial charge in [0.05, 0.1) is 86.4 Å². The number of benzene rings is 3. The number of hydrogen-bond acceptors (Lipinski definition) is 12. The van der Waals surface area contributed by atoms with Crippen molar-refractivity contribution in [2.45, 2.75) is 96.7 Å². The second-order valence-electron chi connectivity index (χ2n) is 18.1. The van der Waals surface area contributed by atoms with Crippen LogP contribution in [0.4, 0.5) is 17.1 Å². The lowest BCUT2D eigenvalue weighted by molar-refractivity contribution is 0.0769. The number of ether oxygens (including phenoxy) is 5. The first-order valence-corrected chi connectivity index (χ1v) is 27.7. The van der Waals surface area contributed by atoms with Crippen LogP contribution in [0.15, 0.2) is 86.3 Å². The van der Waals surface area contributed by atoms with Crippen molar-refractivity contribution in [3.05, 3.63) is 88.0 Å². The zero-order valence-corrected chi connectivity index (χ0v) is 46.4. The Bertz CT molecular complexity index is 2540. The summed E-state index contributed by atoms with van der Waals surface area (Å²) in [4.78, 5) is 58.4. The molecule has 0 spiro atoms. The van der Waals surface area contributed by atoms with Gasteiger partial charge >= 0.3 is 0 Å². The first-order valence-electron chi connectivity index (χ1n) is 24.7. The Morgan fingerprint density at radius 1 is 0.514 bits per heavy atom. The van der Waals surface area contributed by atoms with Crippen LogP contribution >= 0.6 is 45.2 Å². The molecule has 72 heavy (non-hydrogen) atoms. The summed E-state index contributed by atoms with van der Waals surface area (Å²) in [5.74, 6) is 2.31. The number of aromatic hydroxyl groups is 1. The van der Waals surface area contributed by atoms with Crippen LogP contribution in [0, 0.1) is 0 Å². The first-order chi connectivity index (χ1) is 35.0. The molecule has 0 unspecified atom stereocenters. The molecule has 0 aliphatic carbocycles. The topological polar surface area (TPSA) is 164 Å². The van der Waals surface area contributed by atoms with E-state index in [1.165, 1.54) is 58.0 Å². The van der Waals surface area contributed by atoms with Crippen molar-refractivity contribution in [1.29, 1.82) is 0 Å². The van der Waals surface area contributed by atoms with E-state index in [4.69, 9.17) is 23.7 Å².